The Hall–Kier alpha value is -0.920. The number of carbonyl (C=O) groups excluding carboxylic acids is 1. The number of rotatable bonds is 5. The lowest BCUT2D eigenvalue weighted by Gasteiger charge is -2.29. The third kappa shape index (κ3) is 2.75. The molecule has 0 aliphatic heterocycles. The number of thiophene rings is 1. The monoisotopic (exact) mass is 317 g/mol. The lowest BCUT2D eigenvalue weighted by Crippen LogP contribution is -2.35. The molecule has 0 spiro atoms. The molecule has 1 aliphatic rings. The molecule has 0 atom stereocenters. The van der Waals surface area contributed by atoms with Crippen LogP contribution in [0.5, 0.6) is 0 Å². The molecule has 112 valence electrons. The topological polar surface area (TPSA) is 63.7 Å². The van der Waals surface area contributed by atoms with Crippen LogP contribution in [0.2, 0.25) is 0 Å². The second-order valence-corrected chi connectivity index (χ2v) is 8.01. The second-order valence-electron chi connectivity index (χ2n) is 5.15. The van der Waals surface area contributed by atoms with Crippen molar-refractivity contribution in [3.63, 3.8) is 0 Å². The van der Waals surface area contributed by atoms with Crippen LogP contribution in [0.1, 0.15) is 34.5 Å². The fourth-order valence-corrected chi connectivity index (χ4v) is 5.18. The number of sulfonamides is 1. The molecule has 0 aromatic carbocycles. The van der Waals surface area contributed by atoms with Crippen molar-refractivity contribution in [1.29, 1.82) is 0 Å². The van der Waals surface area contributed by atoms with Gasteiger partial charge >= 0.3 is 5.97 Å². The Kier molecular flexibility index (Phi) is 4.51. The van der Waals surface area contributed by atoms with E-state index >= 15 is 0 Å². The van der Waals surface area contributed by atoms with Gasteiger partial charge in [0.05, 0.1) is 7.11 Å². The number of aryl methyl sites for hydroxylation is 1. The van der Waals surface area contributed by atoms with Gasteiger partial charge in [-0.1, -0.05) is 6.42 Å². The van der Waals surface area contributed by atoms with E-state index in [1.54, 1.807) is 19.4 Å². The van der Waals surface area contributed by atoms with Gasteiger partial charge in [0, 0.05) is 13.6 Å². The number of ether oxygens (including phenoxy) is 1. The minimum atomic E-state index is -3.64. The van der Waals surface area contributed by atoms with Crippen LogP contribution >= 0.6 is 11.3 Å². The zero-order chi connectivity index (χ0) is 14.9. The lowest BCUT2D eigenvalue weighted by atomic mass is 9.86. The predicted molar refractivity (Wildman–Crippen MR) is 77.6 cm³/mol. The summed E-state index contributed by atoms with van der Waals surface area (Å²) < 4.78 is 31.3. The summed E-state index contributed by atoms with van der Waals surface area (Å²) in [4.78, 5) is 12.0. The van der Waals surface area contributed by atoms with Crippen molar-refractivity contribution >= 4 is 27.3 Å². The van der Waals surface area contributed by atoms with Crippen molar-refractivity contribution in [2.24, 2.45) is 5.92 Å². The Balaban J connectivity index is 2.32. The predicted octanol–water partition coefficient (Wildman–Crippen LogP) is 2.26. The van der Waals surface area contributed by atoms with Crippen molar-refractivity contribution in [3.05, 3.63) is 15.8 Å². The van der Waals surface area contributed by atoms with Gasteiger partial charge in [-0.3, -0.25) is 0 Å². The lowest BCUT2D eigenvalue weighted by molar-refractivity contribution is 0.0602. The van der Waals surface area contributed by atoms with Crippen molar-refractivity contribution in [3.8, 4) is 0 Å². The molecule has 7 heteroatoms. The van der Waals surface area contributed by atoms with Gasteiger partial charge in [-0.15, -0.1) is 11.3 Å². The first kappa shape index (κ1) is 15.5. The number of esters is 1. The molecule has 20 heavy (non-hydrogen) atoms. The molecular weight excluding hydrogens is 298 g/mol. The zero-order valence-electron chi connectivity index (χ0n) is 11.9. The van der Waals surface area contributed by atoms with Crippen LogP contribution in [0, 0.1) is 12.8 Å². The van der Waals surface area contributed by atoms with Crippen molar-refractivity contribution in [1.82, 2.24) is 4.31 Å². The van der Waals surface area contributed by atoms with Crippen molar-refractivity contribution in [2.75, 3.05) is 20.7 Å². The highest BCUT2D eigenvalue weighted by molar-refractivity contribution is 7.89. The molecule has 1 heterocycles. The van der Waals surface area contributed by atoms with E-state index in [0.717, 1.165) is 24.2 Å². The third-order valence-electron chi connectivity index (χ3n) is 3.70. The number of nitrogens with zero attached hydrogens (tertiary/aromatic N) is 1. The molecule has 1 fully saturated rings. The van der Waals surface area contributed by atoms with Crippen LogP contribution in [0.3, 0.4) is 0 Å². The highest BCUT2D eigenvalue weighted by Gasteiger charge is 2.32. The van der Waals surface area contributed by atoms with Gasteiger partial charge in [0.25, 0.3) is 0 Å². The smallest absolute Gasteiger partial charge is 0.349 e. The molecule has 0 unspecified atom stereocenters. The van der Waals surface area contributed by atoms with Crippen LogP contribution in [0.25, 0.3) is 0 Å². The SMILES string of the molecule is COC(=O)c1scc(C)c1S(=O)(=O)N(C)CC1CCC1. The maximum absolute atomic E-state index is 12.7. The first-order chi connectivity index (χ1) is 9.37. The van der Waals surface area contributed by atoms with Gasteiger partial charge in [0.2, 0.25) is 10.0 Å². The number of hydrogen-bond donors (Lipinski definition) is 0. The molecule has 1 aliphatic carbocycles. The minimum Gasteiger partial charge on any atom is -0.465 e. The Bertz CT molecular complexity index is 602. The van der Waals surface area contributed by atoms with E-state index in [2.05, 4.69) is 4.74 Å². The molecule has 0 amide bonds. The van der Waals surface area contributed by atoms with E-state index < -0.39 is 16.0 Å². The van der Waals surface area contributed by atoms with Crippen LogP contribution in [0.15, 0.2) is 10.3 Å². The van der Waals surface area contributed by atoms with E-state index in [1.807, 2.05) is 0 Å². The summed E-state index contributed by atoms with van der Waals surface area (Å²) in [5.74, 6) is -0.158. The van der Waals surface area contributed by atoms with E-state index in [-0.39, 0.29) is 9.77 Å². The average molecular weight is 317 g/mol. The molecule has 1 saturated carbocycles. The molecule has 0 radical (unpaired) electrons. The van der Waals surface area contributed by atoms with E-state index in [4.69, 9.17) is 0 Å². The molecule has 1 aromatic heterocycles. The Labute approximate surface area is 123 Å². The van der Waals surface area contributed by atoms with Crippen LogP contribution in [-0.4, -0.2) is 39.4 Å². The minimum absolute atomic E-state index is 0.0937. The van der Waals surface area contributed by atoms with Gasteiger partial charge in [-0.25, -0.2) is 17.5 Å². The highest BCUT2D eigenvalue weighted by atomic mass is 32.2. The quantitative estimate of drug-likeness (QED) is 0.782. The Morgan fingerprint density at radius 1 is 1.50 bits per heavy atom. The maximum atomic E-state index is 12.7. The Morgan fingerprint density at radius 2 is 2.15 bits per heavy atom. The number of methoxy groups -OCH3 is 1. The van der Waals surface area contributed by atoms with E-state index in [0.29, 0.717) is 18.0 Å². The fourth-order valence-electron chi connectivity index (χ4n) is 2.28. The highest BCUT2D eigenvalue weighted by Crippen LogP contribution is 2.32. The number of hydrogen-bond acceptors (Lipinski definition) is 5. The fraction of sp³-hybridized carbons (Fsp3) is 0.615. The summed E-state index contributed by atoms with van der Waals surface area (Å²) in [5, 5.41) is 1.68. The molecule has 1 aromatic rings. The zero-order valence-corrected chi connectivity index (χ0v) is 13.5. The second kappa shape index (κ2) is 5.83. The van der Waals surface area contributed by atoms with Gasteiger partial charge in [-0.2, -0.15) is 0 Å². The summed E-state index contributed by atoms with van der Waals surface area (Å²) in [6.45, 7) is 2.21. The summed E-state index contributed by atoms with van der Waals surface area (Å²) in [6.07, 6.45) is 3.32. The van der Waals surface area contributed by atoms with E-state index in [9.17, 15) is 13.2 Å². The average Bonchev–Trinajstić information content (AvgIpc) is 2.75. The maximum Gasteiger partial charge on any atom is 0.349 e. The Morgan fingerprint density at radius 3 is 2.65 bits per heavy atom. The number of carbonyl (C=O) groups is 1. The van der Waals surface area contributed by atoms with Gasteiger partial charge in [-0.05, 0) is 36.6 Å². The molecule has 5 nitrogen and oxygen atoms in total. The van der Waals surface area contributed by atoms with Gasteiger partial charge in [0.15, 0.2) is 0 Å². The molecule has 0 N–H and O–H groups in total. The first-order valence-corrected chi connectivity index (χ1v) is 8.82. The van der Waals surface area contributed by atoms with Crippen molar-refractivity contribution < 1.29 is 17.9 Å². The largest absolute Gasteiger partial charge is 0.465 e. The third-order valence-corrected chi connectivity index (χ3v) is 6.92. The van der Waals surface area contributed by atoms with Crippen molar-refractivity contribution in [2.45, 2.75) is 31.1 Å². The molecule has 2 rings (SSSR count). The summed E-state index contributed by atoms with van der Waals surface area (Å²) in [5.41, 5.74) is 0.593. The molecule has 0 bridgehead atoms. The normalized spacial score (nSPS) is 16.2. The molecular formula is C13H19NO4S2. The van der Waals surface area contributed by atoms with Crippen LogP contribution in [-0.2, 0) is 14.8 Å². The summed E-state index contributed by atoms with van der Waals surface area (Å²) >= 11 is 1.11. The summed E-state index contributed by atoms with van der Waals surface area (Å²) in [7, 11) is -0.809. The summed E-state index contributed by atoms with van der Waals surface area (Å²) in [6, 6.07) is 0. The first-order valence-electron chi connectivity index (χ1n) is 6.50. The standard InChI is InChI=1S/C13H19NO4S2/c1-9-8-19-11(13(15)18-3)12(9)20(16,17)14(2)7-10-5-4-6-10/h8,10H,4-7H2,1-3H3. The molecule has 0 saturated heterocycles. The van der Waals surface area contributed by atoms with Crippen LogP contribution in [0.4, 0.5) is 0 Å². The van der Waals surface area contributed by atoms with Crippen LogP contribution < -0.4 is 0 Å². The van der Waals surface area contributed by atoms with Gasteiger partial charge in [0.1, 0.15) is 9.77 Å². The van der Waals surface area contributed by atoms with Gasteiger partial charge < -0.3 is 4.74 Å². The van der Waals surface area contributed by atoms with E-state index in [1.165, 1.54) is 17.8 Å².